The van der Waals surface area contributed by atoms with E-state index in [0.29, 0.717) is 5.82 Å². The molecule has 19 heavy (non-hydrogen) atoms. The first-order chi connectivity index (χ1) is 9.20. The summed E-state index contributed by atoms with van der Waals surface area (Å²) in [5, 5.41) is 0. The van der Waals surface area contributed by atoms with Gasteiger partial charge in [0.05, 0.1) is 6.54 Å². The van der Waals surface area contributed by atoms with Crippen molar-refractivity contribution in [2.75, 3.05) is 31.9 Å². The van der Waals surface area contributed by atoms with Gasteiger partial charge in [-0.3, -0.25) is 9.80 Å². The summed E-state index contributed by atoms with van der Waals surface area (Å²) in [6, 6.07) is 2.56. The predicted molar refractivity (Wildman–Crippen MR) is 75.7 cm³/mol. The monoisotopic (exact) mass is 261 g/mol. The van der Waals surface area contributed by atoms with E-state index in [4.69, 9.17) is 5.73 Å². The van der Waals surface area contributed by atoms with E-state index in [2.05, 4.69) is 19.8 Å². The highest BCUT2D eigenvalue weighted by Crippen LogP contribution is 2.22. The molecule has 5 heteroatoms. The number of anilines is 1. The SMILES string of the molecule is Cc1cc(N)nc(CN2CCCN3CCCC3C2)n1. The number of nitrogens with zero attached hydrogens (tertiary/aromatic N) is 4. The third kappa shape index (κ3) is 3.04. The number of nitrogen functional groups attached to an aromatic ring is 1. The maximum Gasteiger partial charge on any atom is 0.144 e. The Morgan fingerprint density at radius 3 is 2.95 bits per heavy atom. The maximum atomic E-state index is 5.80. The van der Waals surface area contributed by atoms with Gasteiger partial charge in [-0.05, 0) is 45.8 Å². The molecule has 0 amide bonds. The normalized spacial score (nSPS) is 25.2. The molecular formula is C14H23N5. The molecule has 2 aliphatic rings. The molecule has 0 bridgehead atoms. The van der Waals surface area contributed by atoms with Crippen LogP contribution in [0, 0.1) is 6.92 Å². The van der Waals surface area contributed by atoms with E-state index < -0.39 is 0 Å². The lowest BCUT2D eigenvalue weighted by molar-refractivity contribution is 0.212. The highest BCUT2D eigenvalue weighted by molar-refractivity contribution is 5.29. The Labute approximate surface area is 114 Å². The molecule has 2 aliphatic heterocycles. The summed E-state index contributed by atoms with van der Waals surface area (Å²) in [5.74, 6) is 1.45. The van der Waals surface area contributed by atoms with Crippen LogP contribution in [-0.2, 0) is 6.54 Å². The quantitative estimate of drug-likeness (QED) is 0.862. The molecule has 2 N–H and O–H groups in total. The summed E-state index contributed by atoms with van der Waals surface area (Å²) < 4.78 is 0. The van der Waals surface area contributed by atoms with Crippen LogP contribution >= 0.6 is 0 Å². The molecule has 1 aromatic rings. The zero-order chi connectivity index (χ0) is 13.2. The van der Waals surface area contributed by atoms with Crippen LogP contribution in [0.3, 0.4) is 0 Å². The summed E-state index contributed by atoms with van der Waals surface area (Å²) in [7, 11) is 0. The van der Waals surface area contributed by atoms with Gasteiger partial charge in [-0.2, -0.15) is 0 Å². The van der Waals surface area contributed by atoms with Gasteiger partial charge < -0.3 is 5.73 Å². The molecule has 2 fully saturated rings. The number of aryl methyl sites for hydroxylation is 1. The van der Waals surface area contributed by atoms with Crippen LogP contribution < -0.4 is 5.73 Å². The number of nitrogens with two attached hydrogens (primary N) is 1. The molecule has 104 valence electrons. The van der Waals surface area contributed by atoms with Crippen LogP contribution in [0.5, 0.6) is 0 Å². The molecule has 5 nitrogen and oxygen atoms in total. The van der Waals surface area contributed by atoms with E-state index >= 15 is 0 Å². The Balaban J connectivity index is 1.68. The fourth-order valence-corrected chi connectivity index (χ4v) is 3.35. The molecule has 1 aromatic heterocycles. The van der Waals surface area contributed by atoms with Crippen molar-refractivity contribution < 1.29 is 0 Å². The second-order valence-corrected chi connectivity index (χ2v) is 5.77. The molecule has 0 spiro atoms. The maximum absolute atomic E-state index is 5.80. The van der Waals surface area contributed by atoms with Gasteiger partial charge in [0, 0.05) is 24.3 Å². The van der Waals surface area contributed by atoms with Gasteiger partial charge >= 0.3 is 0 Å². The molecule has 1 unspecified atom stereocenters. The summed E-state index contributed by atoms with van der Waals surface area (Å²) in [6.07, 6.45) is 3.94. The summed E-state index contributed by atoms with van der Waals surface area (Å²) in [5.41, 5.74) is 6.76. The molecule has 1 atom stereocenters. The highest BCUT2D eigenvalue weighted by atomic mass is 15.3. The van der Waals surface area contributed by atoms with Gasteiger partial charge in [-0.25, -0.2) is 9.97 Å². The number of aromatic nitrogens is 2. The van der Waals surface area contributed by atoms with Crippen molar-refractivity contribution in [1.82, 2.24) is 19.8 Å². The average molecular weight is 261 g/mol. The Bertz CT molecular complexity index is 427. The summed E-state index contributed by atoms with van der Waals surface area (Å²) >= 11 is 0. The van der Waals surface area contributed by atoms with Crippen molar-refractivity contribution in [3.8, 4) is 0 Å². The molecule has 0 saturated carbocycles. The summed E-state index contributed by atoms with van der Waals surface area (Å²) in [6.45, 7) is 7.63. The van der Waals surface area contributed by atoms with Crippen LogP contribution in [0.25, 0.3) is 0 Å². The predicted octanol–water partition coefficient (Wildman–Crippen LogP) is 1.04. The first-order valence-corrected chi connectivity index (χ1v) is 7.27. The number of fused-ring (bicyclic) bond motifs is 1. The Morgan fingerprint density at radius 2 is 2.11 bits per heavy atom. The molecule has 0 aliphatic carbocycles. The van der Waals surface area contributed by atoms with E-state index in [0.717, 1.165) is 37.2 Å². The van der Waals surface area contributed by atoms with Gasteiger partial charge in [-0.1, -0.05) is 0 Å². The molecule has 0 aromatic carbocycles. The minimum Gasteiger partial charge on any atom is -0.384 e. The van der Waals surface area contributed by atoms with Crippen LogP contribution in [-0.4, -0.2) is 52.0 Å². The minimum absolute atomic E-state index is 0.583. The molecular weight excluding hydrogens is 238 g/mol. The van der Waals surface area contributed by atoms with Crippen molar-refractivity contribution >= 4 is 5.82 Å². The molecule has 3 rings (SSSR count). The zero-order valence-electron chi connectivity index (χ0n) is 11.7. The standard InChI is InChI=1S/C14H23N5/c1-11-8-13(15)17-14(16-11)10-18-5-3-7-19-6-2-4-12(19)9-18/h8,12H,2-7,9-10H2,1H3,(H2,15,16,17). The first-order valence-electron chi connectivity index (χ1n) is 7.27. The molecule has 3 heterocycles. The Morgan fingerprint density at radius 1 is 1.26 bits per heavy atom. The van der Waals surface area contributed by atoms with Crippen molar-refractivity contribution in [3.63, 3.8) is 0 Å². The largest absolute Gasteiger partial charge is 0.384 e. The lowest BCUT2D eigenvalue weighted by atomic mass is 10.2. The molecule has 0 radical (unpaired) electrons. The highest BCUT2D eigenvalue weighted by Gasteiger charge is 2.28. The smallest absolute Gasteiger partial charge is 0.144 e. The molecule has 2 saturated heterocycles. The zero-order valence-corrected chi connectivity index (χ0v) is 11.7. The Kier molecular flexibility index (Phi) is 3.66. The third-order valence-corrected chi connectivity index (χ3v) is 4.17. The van der Waals surface area contributed by atoms with Gasteiger partial charge in [-0.15, -0.1) is 0 Å². The second kappa shape index (κ2) is 5.43. The van der Waals surface area contributed by atoms with Crippen LogP contribution in [0.1, 0.15) is 30.8 Å². The third-order valence-electron chi connectivity index (χ3n) is 4.17. The second-order valence-electron chi connectivity index (χ2n) is 5.77. The van der Waals surface area contributed by atoms with E-state index in [1.807, 2.05) is 13.0 Å². The van der Waals surface area contributed by atoms with E-state index in [1.165, 1.54) is 32.4 Å². The van der Waals surface area contributed by atoms with E-state index in [-0.39, 0.29) is 0 Å². The lowest BCUT2D eigenvalue weighted by Gasteiger charge is -2.25. The van der Waals surface area contributed by atoms with Gasteiger partial charge in [0.15, 0.2) is 0 Å². The van der Waals surface area contributed by atoms with Crippen LogP contribution in [0.4, 0.5) is 5.82 Å². The average Bonchev–Trinajstić information content (AvgIpc) is 2.67. The van der Waals surface area contributed by atoms with Crippen molar-refractivity contribution in [3.05, 3.63) is 17.6 Å². The fraction of sp³-hybridized carbons (Fsp3) is 0.714. The van der Waals surface area contributed by atoms with Gasteiger partial charge in [0.2, 0.25) is 0 Å². The topological polar surface area (TPSA) is 58.3 Å². The van der Waals surface area contributed by atoms with E-state index in [1.54, 1.807) is 0 Å². The summed E-state index contributed by atoms with van der Waals surface area (Å²) in [4.78, 5) is 14.0. The minimum atomic E-state index is 0.583. The van der Waals surface area contributed by atoms with Crippen molar-refractivity contribution in [1.29, 1.82) is 0 Å². The van der Waals surface area contributed by atoms with Gasteiger partial charge in [0.25, 0.3) is 0 Å². The van der Waals surface area contributed by atoms with Crippen molar-refractivity contribution in [2.45, 2.75) is 38.8 Å². The van der Waals surface area contributed by atoms with Crippen LogP contribution in [0.15, 0.2) is 6.07 Å². The number of hydrogen-bond acceptors (Lipinski definition) is 5. The fourth-order valence-electron chi connectivity index (χ4n) is 3.35. The first kappa shape index (κ1) is 12.8. The Hall–Kier alpha value is -1.20. The van der Waals surface area contributed by atoms with Crippen LogP contribution in [0.2, 0.25) is 0 Å². The number of hydrogen-bond donors (Lipinski definition) is 1. The van der Waals surface area contributed by atoms with E-state index in [9.17, 15) is 0 Å². The van der Waals surface area contributed by atoms with Crippen molar-refractivity contribution in [2.24, 2.45) is 0 Å². The lowest BCUT2D eigenvalue weighted by Crippen LogP contribution is -2.36. The van der Waals surface area contributed by atoms with Gasteiger partial charge in [0.1, 0.15) is 11.6 Å². The number of rotatable bonds is 2.